The van der Waals surface area contributed by atoms with Gasteiger partial charge in [0.2, 0.25) is 5.91 Å². The average molecular weight is 297 g/mol. The Morgan fingerprint density at radius 2 is 2.30 bits per heavy atom. The van der Waals surface area contributed by atoms with Gasteiger partial charge in [0.05, 0.1) is 18.7 Å². The van der Waals surface area contributed by atoms with E-state index >= 15 is 0 Å². The van der Waals surface area contributed by atoms with Gasteiger partial charge in [0.15, 0.2) is 5.13 Å². The van der Waals surface area contributed by atoms with Crippen molar-refractivity contribution in [2.75, 3.05) is 11.9 Å². The Hall–Kier alpha value is -1.63. The molecule has 1 amide bonds. The minimum absolute atomic E-state index is 0.0188. The molecule has 7 heteroatoms. The van der Waals surface area contributed by atoms with Gasteiger partial charge in [-0.1, -0.05) is 0 Å². The van der Waals surface area contributed by atoms with Crippen molar-refractivity contribution in [1.82, 2.24) is 10.3 Å². The Balaban J connectivity index is 1.81. The number of aromatic nitrogens is 1. The van der Waals surface area contributed by atoms with Gasteiger partial charge in [0, 0.05) is 11.4 Å². The molecule has 1 atom stereocenters. The number of amides is 1. The van der Waals surface area contributed by atoms with E-state index in [0.29, 0.717) is 23.5 Å². The summed E-state index contributed by atoms with van der Waals surface area (Å²) < 4.78 is 4.87. The summed E-state index contributed by atoms with van der Waals surface area (Å²) in [6.07, 6.45) is 2.30. The van der Waals surface area contributed by atoms with Gasteiger partial charge in [-0.2, -0.15) is 0 Å². The van der Waals surface area contributed by atoms with E-state index in [-0.39, 0.29) is 24.3 Å². The van der Waals surface area contributed by atoms with Gasteiger partial charge >= 0.3 is 5.97 Å². The van der Waals surface area contributed by atoms with Crippen LogP contribution in [-0.2, 0) is 20.7 Å². The average Bonchev–Trinajstić information content (AvgIpc) is 3.10. The molecule has 6 nitrogen and oxygen atoms in total. The van der Waals surface area contributed by atoms with Crippen molar-refractivity contribution in [2.45, 2.75) is 45.2 Å². The van der Waals surface area contributed by atoms with Crippen LogP contribution in [0.2, 0.25) is 0 Å². The van der Waals surface area contributed by atoms with Crippen LogP contribution in [0.5, 0.6) is 0 Å². The SMILES string of the molecule is CCOC(=O)Cc1csc(NC(C)C(=O)NC2CC2)n1. The van der Waals surface area contributed by atoms with E-state index in [2.05, 4.69) is 15.6 Å². The molecule has 0 spiro atoms. The first kappa shape index (κ1) is 14.8. The summed E-state index contributed by atoms with van der Waals surface area (Å²) in [4.78, 5) is 27.4. The third kappa shape index (κ3) is 4.48. The van der Waals surface area contributed by atoms with E-state index in [0.717, 1.165) is 12.8 Å². The van der Waals surface area contributed by atoms with Crippen LogP contribution in [0.15, 0.2) is 5.38 Å². The zero-order chi connectivity index (χ0) is 14.5. The summed E-state index contributed by atoms with van der Waals surface area (Å²) >= 11 is 1.38. The number of nitrogens with zero attached hydrogens (tertiary/aromatic N) is 1. The predicted octanol–water partition coefficient (Wildman–Crippen LogP) is 1.33. The quantitative estimate of drug-likeness (QED) is 0.742. The molecule has 1 aromatic rings. The molecule has 1 heterocycles. The summed E-state index contributed by atoms with van der Waals surface area (Å²) in [5, 5.41) is 8.41. The van der Waals surface area contributed by atoms with E-state index in [1.165, 1.54) is 11.3 Å². The number of esters is 1. The molecule has 0 radical (unpaired) electrons. The maximum Gasteiger partial charge on any atom is 0.311 e. The van der Waals surface area contributed by atoms with Crippen LogP contribution < -0.4 is 10.6 Å². The lowest BCUT2D eigenvalue weighted by atomic mass is 10.3. The van der Waals surface area contributed by atoms with Gasteiger partial charge < -0.3 is 15.4 Å². The molecule has 0 bridgehead atoms. The zero-order valence-corrected chi connectivity index (χ0v) is 12.5. The second kappa shape index (κ2) is 6.69. The highest BCUT2D eigenvalue weighted by atomic mass is 32.1. The smallest absolute Gasteiger partial charge is 0.311 e. The topological polar surface area (TPSA) is 80.3 Å². The summed E-state index contributed by atoms with van der Waals surface area (Å²) in [6.45, 7) is 3.93. The van der Waals surface area contributed by atoms with Gasteiger partial charge in [0.25, 0.3) is 0 Å². The van der Waals surface area contributed by atoms with Crippen molar-refractivity contribution >= 4 is 28.3 Å². The third-order valence-electron chi connectivity index (χ3n) is 2.84. The van der Waals surface area contributed by atoms with Crippen molar-refractivity contribution in [1.29, 1.82) is 0 Å². The number of nitrogens with one attached hydrogen (secondary N) is 2. The normalized spacial score (nSPS) is 15.5. The van der Waals surface area contributed by atoms with Crippen molar-refractivity contribution in [2.24, 2.45) is 0 Å². The highest BCUT2D eigenvalue weighted by Crippen LogP contribution is 2.20. The number of thiazole rings is 1. The summed E-state index contributed by atoms with van der Waals surface area (Å²) in [5.41, 5.74) is 0.658. The van der Waals surface area contributed by atoms with E-state index in [9.17, 15) is 9.59 Å². The van der Waals surface area contributed by atoms with Gasteiger partial charge in [0.1, 0.15) is 6.04 Å². The van der Waals surface area contributed by atoms with Gasteiger partial charge in [-0.3, -0.25) is 9.59 Å². The Kier molecular flexibility index (Phi) is 4.94. The second-order valence-corrected chi connectivity index (χ2v) is 5.63. The molecule has 0 aromatic carbocycles. The molecule has 1 aliphatic rings. The van der Waals surface area contributed by atoms with Crippen LogP contribution in [-0.4, -0.2) is 35.6 Å². The molecule has 1 saturated carbocycles. The number of carbonyl (C=O) groups excluding carboxylic acids is 2. The lowest BCUT2D eigenvalue weighted by molar-refractivity contribution is -0.142. The molecular weight excluding hydrogens is 278 g/mol. The highest BCUT2D eigenvalue weighted by molar-refractivity contribution is 7.13. The van der Waals surface area contributed by atoms with Gasteiger partial charge in [-0.25, -0.2) is 4.98 Å². The zero-order valence-electron chi connectivity index (χ0n) is 11.6. The maximum absolute atomic E-state index is 11.8. The van der Waals surface area contributed by atoms with Crippen molar-refractivity contribution in [3.05, 3.63) is 11.1 Å². The van der Waals surface area contributed by atoms with Crippen molar-refractivity contribution < 1.29 is 14.3 Å². The molecule has 110 valence electrons. The van der Waals surface area contributed by atoms with Crippen LogP contribution in [0, 0.1) is 0 Å². The van der Waals surface area contributed by atoms with E-state index in [1.54, 1.807) is 19.2 Å². The van der Waals surface area contributed by atoms with Crippen molar-refractivity contribution in [3.63, 3.8) is 0 Å². The van der Waals surface area contributed by atoms with Crippen LogP contribution in [0.25, 0.3) is 0 Å². The molecule has 1 aromatic heterocycles. The first-order valence-corrected chi connectivity index (χ1v) is 7.63. The lowest BCUT2D eigenvalue weighted by Gasteiger charge is -2.12. The standard InChI is InChI=1S/C13H19N3O3S/c1-3-19-11(17)6-10-7-20-13(16-10)14-8(2)12(18)15-9-4-5-9/h7-9H,3-6H2,1-2H3,(H,14,16)(H,15,18). The largest absolute Gasteiger partial charge is 0.466 e. The Labute approximate surface area is 121 Å². The van der Waals surface area contributed by atoms with E-state index in [1.807, 2.05) is 0 Å². The van der Waals surface area contributed by atoms with Crippen LogP contribution in [0.3, 0.4) is 0 Å². The molecule has 0 aliphatic heterocycles. The Morgan fingerprint density at radius 3 is 2.95 bits per heavy atom. The Morgan fingerprint density at radius 1 is 1.55 bits per heavy atom. The third-order valence-corrected chi connectivity index (χ3v) is 3.66. The van der Waals surface area contributed by atoms with Crippen molar-refractivity contribution in [3.8, 4) is 0 Å². The highest BCUT2D eigenvalue weighted by Gasteiger charge is 2.25. The number of hydrogen-bond acceptors (Lipinski definition) is 6. The molecule has 2 rings (SSSR count). The van der Waals surface area contributed by atoms with Gasteiger partial charge in [-0.15, -0.1) is 11.3 Å². The first-order valence-electron chi connectivity index (χ1n) is 6.75. The first-order chi connectivity index (χ1) is 9.58. The van der Waals surface area contributed by atoms with Crippen LogP contribution in [0.1, 0.15) is 32.4 Å². The molecule has 1 fully saturated rings. The van der Waals surface area contributed by atoms with Crippen LogP contribution in [0.4, 0.5) is 5.13 Å². The number of anilines is 1. The predicted molar refractivity (Wildman–Crippen MR) is 76.7 cm³/mol. The fourth-order valence-electron chi connectivity index (χ4n) is 1.62. The number of rotatable bonds is 7. The number of ether oxygens (including phenoxy) is 1. The Bertz CT molecular complexity index is 485. The number of hydrogen-bond donors (Lipinski definition) is 2. The molecular formula is C13H19N3O3S. The lowest BCUT2D eigenvalue weighted by Crippen LogP contribution is -2.38. The number of carbonyl (C=O) groups is 2. The minimum atomic E-state index is -0.336. The summed E-state index contributed by atoms with van der Waals surface area (Å²) in [7, 11) is 0. The van der Waals surface area contributed by atoms with Gasteiger partial charge in [-0.05, 0) is 26.7 Å². The molecule has 1 aliphatic carbocycles. The fraction of sp³-hybridized carbons (Fsp3) is 0.615. The molecule has 1 unspecified atom stereocenters. The minimum Gasteiger partial charge on any atom is -0.466 e. The molecule has 20 heavy (non-hydrogen) atoms. The molecule has 2 N–H and O–H groups in total. The fourth-order valence-corrected chi connectivity index (χ4v) is 2.42. The summed E-state index contributed by atoms with van der Waals surface area (Å²) in [6, 6.07) is 0.0135. The molecule has 0 saturated heterocycles. The summed E-state index contributed by atoms with van der Waals surface area (Å²) in [5.74, 6) is -0.307. The second-order valence-electron chi connectivity index (χ2n) is 4.77. The van der Waals surface area contributed by atoms with E-state index in [4.69, 9.17) is 4.74 Å². The van der Waals surface area contributed by atoms with Crippen LogP contribution >= 0.6 is 11.3 Å². The maximum atomic E-state index is 11.8. The van der Waals surface area contributed by atoms with E-state index < -0.39 is 0 Å². The monoisotopic (exact) mass is 297 g/mol.